The largest absolute Gasteiger partial charge is 0.262 e. The SMILES string of the molecule is CCN(CCN(C)N=O)N=O. The van der Waals surface area contributed by atoms with Crippen LogP contribution in [0.25, 0.3) is 0 Å². The van der Waals surface area contributed by atoms with Gasteiger partial charge in [-0.15, -0.1) is 9.81 Å². The molecule has 64 valence electrons. The van der Waals surface area contributed by atoms with Crippen molar-refractivity contribution in [3.05, 3.63) is 9.81 Å². The monoisotopic (exact) mass is 160 g/mol. The van der Waals surface area contributed by atoms with Gasteiger partial charge in [-0.25, -0.2) is 0 Å². The maximum atomic E-state index is 9.99. The minimum absolute atomic E-state index is 0.420. The summed E-state index contributed by atoms with van der Waals surface area (Å²) in [6.07, 6.45) is 0. The summed E-state index contributed by atoms with van der Waals surface area (Å²) in [6.45, 7) is 3.22. The standard InChI is InChI=1S/C5H12N4O2/c1-3-9(7-11)5-4-8(2)6-10/h3-5H2,1-2H3. The van der Waals surface area contributed by atoms with E-state index in [1.807, 2.05) is 6.92 Å². The van der Waals surface area contributed by atoms with Crippen molar-refractivity contribution in [1.29, 1.82) is 0 Å². The summed E-state index contributed by atoms with van der Waals surface area (Å²) in [6, 6.07) is 0. The van der Waals surface area contributed by atoms with Crippen LogP contribution < -0.4 is 0 Å². The van der Waals surface area contributed by atoms with Gasteiger partial charge >= 0.3 is 0 Å². The van der Waals surface area contributed by atoms with Gasteiger partial charge < -0.3 is 0 Å². The molecule has 0 saturated heterocycles. The molecule has 0 atom stereocenters. The highest BCUT2D eigenvalue weighted by molar-refractivity contribution is 4.50. The maximum Gasteiger partial charge on any atom is 0.0585 e. The molecule has 0 aromatic heterocycles. The lowest BCUT2D eigenvalue weighted by Gasteiger charge is -2.14. The highest BCUT2D eigenvalue weighted by Crippen LogP contribution is 1.89. The van der Waals surface area contributed by atoms with E-state index in [4.69, 9.17) is 0 Å². The van der Waals surface area contributed by atoms with E-state index in [-0.39, 0.29) is 0 Å². The molecule has 0 aliphatic heterocycles. The van der Waals surface area contributed by atoms with E-state index in [2.05, 4.69) is 10.6 Å². The van der Waals surface area contributed by atoms with Crippen LogP contribution in [0, 0.1) is 9.81 Å². The molecular formula is C5H12N4O2. The highest BCUT2D eigenvalue weighted by atomic mass is 16.3. The maximum absolute atomic E-state index is 9.99. The van der Waals surface area contributed by atoms with E-state index in [9.17, 15) is 9.81 Å². The molecule has 0 aliphatic rings. The Morgan fingerprint density at radius 3 is 2.18 bits per heavy atom. The van der Waals surface area contributed by atoms with Gasteiger partial charge in [-0.1, -0.05) is 0 Å². The molecule has 11 heavy (non-hydrogen) atoms. The van der Waals surface area contributed by atoms with Crippen molar-refractivity contribution in [3.63, 3.8) is 0 Å². The second-order valence-corrected chi connectivity index (χ2v) is 2.09. The van der Waals surface area contributed by atoms with Crippen LogP contribution in [-0.2, 0) is 0 Å². The van der Waals surface area contributed by atoms with Crippen LogP contribution in [0.3, 0.4) is 0 Å². The molecule has 6 nitrogen and oxygen atoms in total. The van der Waals surface area contributed by atoms with Crippen molar-refractivity contribution in [1.82, 2.24) is 10.0 Å². The van der Waals surface area contributed by atoms with Crippen molar-refractivity contribution in [3.8, 4) is 0 Å². The summed E-state index contributed by atoms with van der Waals surface area (Å²) >= 11 is 0. The summed E-state index contributed by atoms with van der Waals surface area (Å²) in [5, 5.41) is 7.90. The lowest BCUT2D eigenvalue weighted by molar-refractivity contribution is 0.241. The Morgan fingerprint density at radius 2 is 1.82 bits per heavy atom. The zero-order valence-electron chi connectivity index (χ0n) is 6.73. The molecule has 0 unspecified atom stereocenters. The molecule has 0 bridgehead atoms. The smallest absolute Gasteiger partial charge is 0.0585 e. The zero-order valence-corrected chi connectivity index (χ0v) is 6.73. The van der Waals surface area contributed by atoms with E-state index in [1.54, 1.807) is 7.05 Å². The fourth-order valence-corrected chi connectivity index (χ4v) is 0.558. The van der Waals surface area contributed by atoms with Gasteiger partial charge in [-0.2, -0.15) is 0 Å². The van der Waals surface area contributed by atoms with Crippen molar-refractivity contribution >= 4 is 0 Å². The van der Waals surface area contributed by atoms with Gasteiger partial charge in [0.2, 0.25) is 0 Å². The summed E-state index contributed by atoms with van der Waals surface area (Å²) in [4.78, 5) is 19.8. The van der Waals surface area contributed by atoms with Gasteiger partial charge in [-0.3, -0.25) is 10.0 Å². The highest BCUT2D eigenvalue weighted by Gasteiger charge is 2.00. The van der Waals surface area contributed by atoms with Crippen LogP contribution in [0.15, 0.2) is 10.6 Å². The molecule has 0 heterocycles. The van der Waals surface area contributed by atoms with Crippen LogP contribution in [-0.4, -0.2) is 36.7 Å². The molecule has 0 aromatic rings. The summed E-state index contributed by atoms with van der Waals surface area (Å²) in [5.74, 6) is 0. The number of nitroso groups, excluding NO2 is 2. The third-order valence-corrected chi connectivity index (χ3v) is 1.30. The fourth-order valence-electron chi connectivity index (χ4n) is 0.558. The zero-order chi connectivity index (χ0) is 8.69. The topological polar surface area (TPSA) is 65.3 Å². The Hall–Kier alpha value is -1.20. The predicted octanol–water partition coefficient (Wildman–Crippen LogP) is 0.603. The lowest BCUT2D eigenvalue weighted by atomic mass is 10.5. The number of rotatable bonds is 6. The minimum Gasteiger partial charge on any atom is -0.262 e. The van der Waals surface area contributed by atoms with Gasteiger partial charge in [0.05, 0.1) is 23.7 Å². The van der Waals surface area contributed by atoms with E-state index < -0.39 is 0 Å². The quantitative estimate of drug-likeness (QED) is 0.421. The summed E-state index contributed by atoms with van der Waals surface area (Å²) < 4.78 is 0. The Kier molecular flexibility index (Phi) is 4.97. The molecule has 0 fully saturated rings. The number of nitrogens with zero attached hydrogens (tertiary/aromatic N) is 4. The van der Waals surface area contributed by atoms with Gasteiger partial charge in [-0.05, 0) is 6.92 Å². The number of hydrogen-bond acceptors (Lipinski definition) is 4. The Labute approximate surface area is 65.0 Å². The van der Waals surface area contributed by atoms with Gasteiger partial charge in [0.15, 0.2) is 0 Å². The number of likely N-dealkylation sites (N-methyl/N-ethyl adjacent to an activating group) is 2. The normalized spacial score (nSPS) is 8.91. The predicted molar refractivity (Wildman–Crippen MR) is 41.5 cm³/mol. The van der Waals surface area contributed by atoms with E-state index in [1.165, 1.54) is 10.0 Å². The van der Waals surface area contributed by atoms with Crippen LogP contribution in [0.4, 0.5) is 0 Å². The lowest BCUT2D eigenvalue weighted by Crippen LogP contribution is -2.26. The third kappa shape index (κ3) is 4.24. The Morgan fingerprint density at radius 1 is 1.18 bits per heavy atom. The molecule has 0 aromatic carbocycles. The first kappa shape index (κ1) is 9.80. The molecule has 0 aliphatic carbocycles. The first-order valence-electron chi connectivity index (χ1n) is 3.37. The Balaban J connectivity index is 3.49. The van der Waals surface area contributed by atoms with Crippen molar-refractivity contribution in [2.24, 2.45) is 10.6 Å². The molecular weight excluding hydrogens is 148 g/mol. The molecule has 0 saturated carbocycles. The van der Waals surface area contributed by atoms with Crippen LogP contribution in [0.2, 0.25) is 0 Å². The average molecular weight is 160 g/mol. The van der Waals surface area contributed by atoms with Crippen LogP contribution in [0.5, 0.6) is 0 Å². The molecule has 0 amide bonds. The van der Waals surface area contributed by atoms with E-state index in [0.717, 1.165) is 0 Å². The van der Waals surface area contributed by atoms with Gasteiger partial charge in [0.25, 0.3) is 0 Å². The first-order valence-corrected chi connectivity index (χ1v) is 3.37. The van der Waals surface area contributed by atoms with Crippen molar-refractivity contribution in [2.75, 3.05) is 26.7 Å². The molecule has 6 heteroatoms. The van der Waals surface area contributed by atoms with E-state index >= 15 is 0 Å². The Bertz CT molecular complexity index is 130. The fraction of sp³-hybridized carbons (Fsp3) is 1.00. The van der Waals surface area contributed by atoms with Crippen LogP contribution >= 0.6 is 0 Å². The van der Waals surface area contributed by atoms with E-state index in [0.29, 0.717) is 19.6 Å². The molecule has 0 radical (unpaired) electrons. The van der Waals surface area contributed by atoms with Crippen molar-refractivity contribution in [2.45, 2.75) is 6.92 Å². The third-order valence-electron chi connectivity index (χ3n) is 1.30. The van der Waals surface area contributed by atoms with Gasteiger partial charge in [0.1, 0.15) is 0 Å². The minimum atomic E-state index is 0.420. The molecule has 0 N–H and O–H groups in total. The molecule has 0 rings (SSSR count). The average Bonchev–Trinajstić information content (AvgIpc) is 2.06. The second kappa shape index (κ2) is 5.57. The first-order chi connectivity index (χ1) is 5.24. The summed E-state index contributed by atoms with van der Waals surface area (Å²) in [5.41, 5.74) is 0. The second-order valence-electron chi connectivity index (χ2n) is 2.09. The number of hydrogen-bond donors (Lipinski definition) is 0. The van der Waals surface area contributed by atoms with Crippen molar-refractivity contribution < 1.29 is 0 Å². The van der Waals surface area contributed by atoms with Crippen LogP contribution in [0.1, 0.15) is 6.92 Å². The summed E-state index contributed by atoms with van der Waals surface area (Å²) in [7, 11) is 1.55. The molecule has 0 spiro atoms. The van der Waals surface area contributed by atoms with Gasteiger partial charge in [0, 0.05) is 13.6 Å².